The molecular weight excluding hydrogens is 423 g/mol. The highest BCUT2D eigenvalue weighted by molar-refractivity contribution is 5.94. The van der Waals surface area contributed by atoms with Gasteiger partial charge in [-0.25, -0.2) is 4.39 Å². The molecule has 1 amide bonds. The first kappa shape index (κ1) is 26.4. The van der Waals surface area contributed by atoms with Gasteiger partial charge >= 0.3 is 0 Å². The lowest BCUT2D eigenvalue weighted by molar-refractivity contribution is -0.131. The normalized spacial score (nSPS) is 11.5. The van der Waals surface area contributed by atoms with E-state index in [9.17, 15) is 9.18 Å². The van der Waals surface area contributed by atoms with Crippen molar-refractivity contribution in [1.82, 2.24) is 10.2 Å². The SMILES string of the molecule is COC(C(=O)NCc1ccc(C(=N)N)cc1)c1c(F)cccc1OCCCN(C)C.Cl. The van der Waals surface area contributed by atoms with Gasteiger partial charge in [0.15, 0.2) is 6.10 Å². The molecule has 0 aliphatic heterocycles. The van der Waals surface area contributed by atoms with Crippen molar-refractivity contribution in [2.24, 2.45) is 5.73 Å². The Hall–Kier alpha value is -2.68. The highest BCUT2D eigenvalue weighted by Gasteiger charge is 2.27. The van der Waals surface area contributed by atoms with Crippen molar-refractivity contribution in [3.8, 4) is 5.75 Å². The maximum atomic E-state index is 14.6. The molecule has 0 aliphatic rings. The molecule has 0 heterocycles. The topological polar surface area (TPSA) is 101 Å². The minimum Gasteiger partial charge on any atom is -0.493 e. The molecule has 7 nitrogen and oxygen atoms in total. The average Bonchev–Trinajstić information content (AvgIpc) is 2.72. The van der Waals surface area contributed by atoms with Crippen molar-refractivity contribution in [3.05, 3.63) is 65.0 Å². The Balaban J connectivity index is 0.00000480. The molecule has 31 heavy (non-hydrogen) atoms. The number of benzene rings is 2. The third kappa shape index (κ3) is 7.82. The van der Waals surface area contributed by atoms with Crippen molar-refractivity contribution in [2.45, 2.75) is 19.1 Å². The number of hydrogen-bond acceptors (Lipinski definition) is 5. The number of nitrogens with zero attached hydrogens (tertiary/aromatic N) is 1. The van der Waals surface area contributed by atoms with E-state index in [0.717, 1.165) is 18.5 Å². The molecule has 4 N–H and O–H groups in total. The lowest BCUT2D eigenvalue weighted by Crippen LogP contribution is -2.31. The van der Waals surface area contributed by atoms with Crippen LogP contribution in [-0.2, 0) is 16.1 Å². The fraction of sp³-hybridized carbons (Fsp3) is 0.364. The maximum absolute atomic E-state index is 14.6. The molecule has 0 aliphatic carbocycles. The van der Waals surface area contributed by atoms with E-state index < -0.39 is 17.8 Å². The predicted octanol–water partition coefficient (Wildman–Crippen LogP) is 2.87. The first-order valence-corrected chi connectivity index (χ1v) is 9.63. The number of ether oxygens (including phenoxy) is 2. The van der Waals surface area contributed by atoms with E-state index in [1.807, 2.05) is 19.0 Å². The quantitative estimate of drug-likeness (QED) is 0.276. The summed E-state index contributed by atoms with van der Waals surface area (Å²) >= 11 is 0. The molecule has 0 radical (unpaired) electrons. The van der Waals surface area contributed by atoms with E-state index in [1.54, 1.807) is 36.4 Å². The molecule has 1 atom stereocenters. The number of amides is 1. The molecule has 0 saturated carbocycles. The number of carbonyl (C=O) groups is 1. The van der Waals surface area contributed by atoms with Crippen LogP contribution in [0.15, 0.2) is 42.5 Å². The molecule has 2 aromatic rings. The van der Waals surface area contributed by atoms with Crippen LogP contribution in [0, 0.1) is 11.2 Å². The Kier molecular flexibility index (Phi) is 11.0. The summed E-state index contributed by atoms with van der Waals surface area (Å²) in [6, 6.07) is 11.4. The molecule has 1 unspecified atom stereocenters. The minimum atomic E-state index is -1.15. The number of halogens is 2. The van der Waals surface area contributed by atoms with Crippen molar-refractivity contribution in [2.75, 3.05) is 34.4 Å². The number of nitrogen functional groups attached to an aromatic ring is 1. The summed E-state index contributed by atoms with van der Waals surface area (Å²) in [5.41, 5.74) is 6.94. The zero-order valence-electron chi connectivity index (χ0n) is 18.0. The number of methoxy groups -OCH3 is 1. The van der Waals surface area contributed by atoms with Gasteiger partial charge < -0.3 is 25.4 Å². The van der Waals surface area contributed by atoms with Gasteiger partial charge in [0.1, 0.15) is 17.4 Å². The molecule has 0 aromatic heterocycles. The van der Waals surface area contributed by atoms with Crippen LogP contribution in [0.2, 0.25) is 0 Å². The fourth-order valence-corrected chi connectivity index (χ4v) is 2.90. The summed E-state index contributed by atoms with van der Waals surface area (Å²) in [6.45, 7) is 1.46. The number of amidine groups is 1. The van der Waals surface area contributed by atoms with E-state index in [2.05, 4.69) is 5.32 Å². The van der Waals surface area contributed by atoms with Gasteiger partial charge in [-0.15, -0.1) is 12.4 Å². The highest BCUT2D eigenvalue weighted by atomic mass is 35.5. The number of nitrogens with one attached hydrogen (secondary N) is 2. The molecular formula is C22H30ClFN4O3. The van der Waals surface area contributed by atoms with Gasteiger partial charge in [-0.1, -0.05) is 30.3 Å². The third-order valence-corrected chi connectivity index (χ3v) is 4.49. The summed E-state index contributed by atoms with van der Waals surface area (Å²) in [4.78, 5) is 14.8. The van der Waals surface area contributed by atoms with Gasteiger partial charge in [-0.05, 0) is 38.2 Å². The van der Waals surface area contributed by atoms with Crippen LogP contribution in [0.4, 0.5) is 4.39 Å². The molecule has 0 bridgehead atoms. The van der Waals surface area contributed by atoms with Crippen LogP contribution in [0.1, 0.15) is 29.2 Å². The van der Waals surface area contributed by atoms with E-state index >= 15 is 0 Å². The molecule has 0 spiro atoms. The van der Waals surface area contributed by atoms with Crippen molar-refractivity contribution < 1.29 is 18.7 Å². The van der Waals surface area contributed by atoms with E-state index in [0.29, 0.717) is 17.9 Å². The summed E-state index contributed by atoms with van der Waals surface area (Å²) < 4.78 is 25.6. The Morgan fingerprint density at radius 3 is 2.48 bits per heavy atom. The summed E-state index contributed by atoms with van der Waals surface area (Å²) in [6.07, 6.45) is -0.380. The van der Waals surface area contributed by atoms with E-state index in [-0.39, 0.29) is 30.4 Å². The summed E-state index contributed by atoms with van der Waals surface area (Å²) in [7, 11) is 5.29. The molecule has 2 aromatic carbocycles. The highest BCUT2D eigenvalue weighted by Crippen LogP contribution is 2.30. The van der Waals surface area contributed by atoms with Crippen molar-refractivity contribution in [1.29, 1.82) is 5.41 Å². The Morgan fingerprint density at radius 2 is 1.90 bits per heavy atom. The zero-order chi connectivity index (χ0) is 22.1. The van der Waals surface area contributed by atoms with Gasteiger partial charge in [0, 0.05) is 25.8 Å². The number of rotatable bonds is 11. The fourth-order valence-electron chi connectivity index (χ4n) is 2.90. The predicted molar refractivity (Wildman–Crippen MR) is 121 cm³/mol. The van der Waals surface area contributed by atoms with Crippen LogP contribution in [0.3, 0.4) is 0 Å². The number of nitrogens with two attached hydrogens (primary N) is 1. The first-order valence-electron chi connectivity index (χ1n) is 9.63. The summed E-state index contributed by atoms with van der Waals surface area (Å²) in [5, 5.41) is 10.2. The Bertz CT molecular complexity index is 862. The molecule has 0 fully saturated rings. The maximum Gasteiger partial charge on any atom is 0.254 e. The zero-order valence-corrected chi connectivity index (χ0v) is 18.8. The second-order valence-electron chi connectivity index (χ2n) is 7.10. The standard InChI is InChI=1S/C22H29FN4O3.ClH/c1-27(2)12-5-13-30-18-7-4-6-17(23)19(18)20(29-3)22(28)26-14-15-8-10-16(11-9-15)21(24)25;/h4,6-11,20H,5,12-14H2,1-3H3,(H3,24,25)(H,26,28);1H. The minimum absolute atomic E-state index is 0. The molecule has 170 valence electrons. The molecule has 9 heteroatoms. The Morgan fingerprint density at radius 1 is 1.23 bits per heavy atom. The van der Waals surface area contributed by atoms with Crippen molar-refractivity contribution >= 4 is 24.1 Å². The van der Waals surface area contributed by atoms with Gasteiger partial charge in [0.05, 0.1) is 12.2 Å². The second kappa shape index (κ2) is 12.9. The van der Waals surface area contributed by atoms with Crippen LogP contribution in [-0.4, -0.2) is 51.0 Å². The lowest BCUT2D eigenvalue weighted by atomic mass is 10.1. The van der Waals surface area contributed by atoms with Gasteiger partial charge in [-0.2, -0.15) is 0 Å². The summed E-state index contributed by atoms with van der Waals surface area (Å²) in [5.74, 6) is -0.770. The van der Waals surface area contributed by atoms with Crippen LogP contribution in [0.25, 0.3) is 0 Å². The lowest BCUT2D eigenvalue weighted by Gasteiger charge is -2.20. The van der Waals surface area contributed by atoms with E-state index in [4.69, 9.17) is 20.6 Å². The van der Waals surface area contributed by atoms with Gasteiger partial charge in [-0.3, -0.25) is 10.2 Å². The van der Waals surface area contributed by atoms with Gasteiger partial charge in [0.2, 0.25) is 0 Å². The smallest absolute Gasteiger partial charge is 0.254 e. The van der Waals surface area contributed by atoms with Crippen LogP contribution < -0.4 is 15.8 Å². The number of carbonyl (C=O) groups excluding carboxylic acids is 1. The monoisotopic (exact) mass is 452 g/mol. The van der Waals surface area contributed by atoms with Gasteiger partial charge in [0.25, 0.3) is 5.91 Å². The van der Waals surface area contributed by atoms with Crippen molar-refractivity contribution in [3.63, 3.8) is 0 Å². The van der Waals surface area contributed by atoms with E-state index in [1.165, 1.54) is 13.2 Å². The number of hydrogen-bond donors (Lipinski definition) is 3. The molecule has 2 rings (SSSR count). The second-order valence-corrected chi connectivity index (χ2v) is 7.10. The largest absolute Gasteiger partial charge is 0.493 e. The van der Waals surface area contributed by atoms with Crippen LogP contribution in [0.5, 0.6) is 5.75 Å². The van der Waals surface area contributed by atoms with Crippen LogP contribution >= 0.6 is 12.4 Å². The third-order valence-electron chi connectivity index (χ3n) is 4.49. The average molecular weight is 453 g/mol. The Labute approximate surface area is 188 Å². The first-order chi connectivity index (χ1) is 14.3. The molecule has 0 saturated heterocycles.